The number of carbonyl (C=O) groups excluding carboxylic acids is 1. The highest BCUT2D eigenvalue weighted by Gasteiger charge is 2.22. The van der Waals surface area contributed by atoms with Crippen molar-refractivity contribution in [3.63, 3.8) is 0 Å². The number of esters is 1. The number of hydrogen-bond acceptors (Lipinski definition) is 3. The van der Waals surface area contributed by atoms with Crippen LogP contribution in [0.5, 0.6) is 0 Å². The van der Waals surface area contributed by atoms with E-state index in [1.165, 1.54) is 20.0 Å². The van der Waals surface area contributed by atoms with Gasteiger partial charge in [-0.25, -0.2) is 0 Å². The van der Waals surface area contributed by atoms with E-state index < -0.39 is 0 Å². The third kappa shape index (κ3) is 3.35. The maximum atomic E-state index is 11.0. The second kappa shape index (κ2) is 5.22. The Kier molecular flexibility index (Phi) is 4.22. The van der Waals surface area contributed by atoms with E-state index in [-0.39, 0.29) is 5.97 Å². The first kappa shape index (κ1) is 10.5. The van der Waals surface area contributed by atoms with Gasteiger partial charge in [-0.1, -0.05) is 13.3 Å². The second-order valence-electron chi connectivity index (χ2n) is 3.81. The Morgan fingerprint density at radius 2 is 2.15 bits per heavy atom. The van der Waals surface area contributed by atoms with Crippen LogP contribution >= 0.6 is 0 Å². The molecule has 0 aromatic heterocycles. The lowest BCUT2D eigenvalue weighted by atomic mass is 9.87. The first-order valence-electron chi connectivity index (χ1n) is 5.03. The predicted molar refractivity (Wildman–Crippen MR) is 51.4 cm³/mol. The normalized spacial score (nSPS) is 28.5. The van der Waals surface area contributed by atoms with Gasteiger partial charge in [-0.2, -0.15) is 0 Å². The van der Waals surface area contributed by atoms with E-state index in [0.29, 0.717) is 12.3 Å². The molecule has 76 valence electrons. The number of hydrogen-bond donors (Lipinski definition) is 1. The molecule has 1 aliphatic heterocycles. The SMILES string of the molecule is CC[C@@H]1CNCC(CC(=O)OC)C1. The molecule has 0 aliphatic carbocycles. The highest BCUT2D eigenvalue weighted by atomic mass is 16.5. The van der Waals surface area contributed by atoms with Crippen molar-refractivity contribution in [2.75, 3.05) is 20.2 Å². The van der Waals surface area contributed by atoms with Gasteiger partial charge < -0.3 is 10.1 Å². The van der Waals surface area contributed by atoms with E-state index in [1.807, 2.05) is 0 Å². The minimum absolute atomic E-state index is 0.0800. The highest BCUT2D eigenvalue weighted by molar-refractivity contribution is 5.69. The summed E-state index contributed by atoms with van der Waals surface area (Å²) in [7, 11) is 1.45. The van der Waals surface area contributed by atoms with E-state index in [1.54, 1.807) is 0 Å². The maximum Gasteiger partial charge on any atom is 0.305 e. The second-order valence-corrected chi connectivity index (χ2v) is 3.81. The van der Waals surface area contributed by atoms with Crippen LogP contribution in [0.2, 0.25) is 0 Å². The Bertz CT molecular complexity index is 170. The van der Waals surface area contributed by atoms with Crippen molar-refractivity contribution in [2.45, 2.75) is 26.2 Å². The van der Waals surface area contributed by atoms with Crippen LogP contribution in [0.3, 0.4) is 0 Å². The number of nitrogens with one attached hydrogen (secondary N) is 1. The van der Waals surface area contributed by atoms with Gasteiger partial charge in [-0.3, -0.25) is 4.79 Å². The molecule has 1 N–H and O–H groups in total. The Labute approximate surface area is 79.8 Å². The molecule has 0 bridgehead atoms. The van der Waals surface area contributed by atoms with E-state index in [9.17, 15) is 4.79 Å². The molecule has 0 aromatic carbocycles. The third-order valence-electron chi connectivity index (χ3n) is 2.79. The van der Waals surface area contributed by atoms with Gasteiger partial charge in [0.15, 0.2) is 0 Å². The van der Waals surface area contributed by atoms with Crippen molar-refractivity contribution >= 4 is 5.97 Å². The average Bonchev–Trinajstić information content (AvgIpc) is 2.18. The molecule has 0 aromatic rings. The number of rotatable bonds is 3. The molecule has 13 heavy (non-hydrogen) atoms. The predicted octanol–water partition coefficient (Wildman–Crippen LogP) is 1.19. The lowest BCUT2D eigenvalue weighted by molar-refractivity contribution is -0.141. The van der Waals surface area contributed by atoms with Crippen LogP contribution in [-0.4, -0.2) is 26.2 Å². The minimum Gasteiger partial charge on any atom is -0.469 e. The molecule has 0 amide bonds. The van der Waals surface area contributed by atoms with Crippen LogP contribution in [-0.2, 0) is 9.53 Å². The molecule has 1 fully saturated rings. The Morgan fingerprint density at radius 3 is 2.77 bits per heavy atom. The Balaban J connectivity index is 2.29. The molecule has 1 heterocycles. The van der Waals surface area contributed by atoms with Crippen molar-refractivity contribution in [1.29, 1.82) is 0 Å². The standard InChI is InChI=1S/C10H19NO2/c1-3-8-4-9(7-11-6-8)5-10(12)13-2/h8-9,11H,3-7H2,1-2H3/t8-,9?/m0/s1. The number of methoxy groups -OCH3 is 1. The fourth-order valence-corrected chi connectivity index (χ4v) is 1.92. The van der Waals surface area contributed by atoms with Gasteiger partial charge in [0.1, 0.15) is 0 Å². The molecular weight excluding hydrogens is 166 g/mol. The quantitative estimate of drug-likeness (QED) is 0.671. The number of piperidine rings is 1. The van der Waals surface area contributed by atoms with Crippen LogP contribution in [0, 0.1) is 11.8 Å². The maximum absolute atomic E-state index is 11.0. The van der Waals surface area contributed by atoms with Gasteiger partial charge in [0.05, 0.1) is 7.11 Å². The molecule has 1 unspecified atom stereocenters. The lowest BCUT2D eigenvalue weighted by Crippen LogP contribution is -2.37. The van der Waals surface area contributed by atoms with E-state index >= 15 is 0 Å². The minimum atomic E-state index is -0.0800. The Hall–Kier alpha value is -0.570. The fourth-order valence-electron chi connectivity index (χ4n) is 1.92. The van der Waals surface area contributed by atoms with Crippen LogP contribution in [0.25, 0.3) is 0 Å². The van der Waals surface area contributed by atoms with E-state index in [2.05, 4.69) is 17.0 Å². The Morgan fingerprint density at radius 1 is 1.46 bits per heavy atom. The number of carbonyl (C=O) groups is 1. The zero-order chi connectivity index (χ0) is 9.68. The van der Waals surface area contributed by atoms with Crippen LogP contribution < -0.4 is 5.32 Å². The van der Waals surface area contributed by atoms with Gasteiger partial charge in [-0.15, -0.1) is 0 Å². The summed E-state index contributed by atoms with van der Waals surface area (Å²) >= 11 is 0. The van der Waals surface area contributed by atoms with Crippen molar-refractivity contribution in [1.82, 2.24) is 5.32 Å². The molecule has 1 aliphatic rings. The highest BCUT2D eigenvalue weighted by Crippen LogP contribution is 2.21. The van der Waals surface area contributed by atoms with Gasteiger partial charge in [0.25, 0.3) is 0 Å². The molecular formula is C10H19NO2. The summed E-state index contributed by atoms with van der Waals surface area (Å²) < 4.78 is 4.66. The van der Waals surface area contributed by atoms with Gasteiger partial charge >= 0.3 is 5.97 Å². The molecule has 0 radical (unpaired) electrons. The first-order valence-corrected chi connectivity index (χ1v) is 5.03. The summed E-state index contributed by atoms with van der Waals surface area (Å²) in [6, 6.07) is 0. The zero-order valence-electron chi connectivity index (χ0n) is 8.51. The van der Waals surface area contributed by atoms with Crippen molar-refractivity contribution in [3.8, 4) is 0 Å². The largest absolute Gasteiger partial charge is 0.469 e. The van der Waals surface area contributed by atoms with Gasteiger partial charge in [0, 0.05) is 6.42 Å². The summed E-state index contributed by atoms with van der Waals surface area (Å²) in [5.41, 5.74) is 0. The summed E-state index contributed by atoms with van der Waals surface area (Å²) in [4.78, 5) is 11.0. The van der Waals surface area contributed by atoms with E-state index in [4.69, 9.17) is 0 Å². The first-order chi connectivity index (χ1) is 6.26. The van der Waals surface area contributed by atoms with Crippen LogP contribution in [0.15, 0.2) is 0 Å². The molecule has 1 saturated heterocycles. The smallest absolute Gasteiger partial charge is 0.305 e. The third-order valence-corrected chi connectivity index (χ3v) is 2.79. The average molecular weight is 185 g/mol. The molecule has 1 rings (SSSR count). The van der Waals surface area contributed by atoms with Crippen molar-refractivity contribution < 1.29 is 9.53 Å². The molecule has 3 nitrogen and oxygen atoms in total. The fraction of sp³-hybridized carbons (Fsp3) is 0.900. The number of ether oxygens (including phenoxy) is 1. The van der Waals surface area contributed by atoms with Crippen LogP contribution in [0.1, 0.15) is 26.2 Å². The topological polar surface area (TPSA) is 38.3 Å². The van der Waals surface area contributed by atoms with Gasteiger partial charge in [-0.05, 0) is 31.3 Å². The summed E-state index contributed by atoms with van der Waals surface area (Å²) in [5.74, 6) is 1.14. The summed E-state index contributed by atoms with van der Waals surface area (Å²) in [6.07, 6.45) is 2.93. The molecule has 0 spiro atoms. The van der Waals surface area contributed by atoms with Crippen LogP contribution in [0.4, 0.5) is 0 Å². The van der Waals surface area contributed by atoms with Gasteiger partial charge in [0.2, 0.25) is 0 Å². The summed E-state index contributed by atoms with van der Waals surface area (Å²) in [6.45, 7) is 4.27. The molecule has 0 saturated carbocycles. The molecule has 3 heteroatoms. The zero-order valence-corrected chi connectivity index (χ0v) is 8.51. The molecule has 2 atom stereocenters. The van der Waals surface area contributed by atoms with E-state index in [0.717, 1.165) is 19.0 Å². The monoisotopic (exact) mass is 185 g/mol. The van der Waals surface area contributed by atoms with Crippen molar-refractivity contribution in [3.05, 3.63) is 0 Å². The van der Waals surface area contributed by atoms with Crippen molar-refractivity contribution in [2.24, 2.45) is 11.8 Å². The lowest BCUT2D eigenvalue weighted by Gasteiger charge is -2.28. The summed E-state index contributed by atoms with van der Waals surface area (Å²) in [5, 5.41) is 3.36.